The van der Waals surface area contributed by atoms with Gasteiger partial charge in [0.1, 0.15) is 4.99 Å². The van der Waals surface area contributed by atoms with Gasteiger partial charge in [0.2, 0.25) is 0 Å². The van der Waals surface area contributed by atoms with Gasteiger partial charge in [0.25, 0.3) is 0 Å². The number of rotatable bonds is 3. The fourth-order valence-electron chi connectivity index (χ4n) is 2.11. The number of nitrogens with zero attached hydrogens (tertiary/aromatic N) is 1. The number of nitrogens with one attached hydrogen (secondary N) is 1. The number of halogens is 1. The quantitative estimate of drug-likeness (QED) is 0.817. The Morgan fingerprint density at radius 2 is 1.90 bits per heavy atom. The summed E-state index contributed by atoms with van der Waals surface area (Å²) in [7, 11) is 0. The summed E-state index contributed by atoms with van der Waals surface area (Å²) >= 11 is 8.63. The van der Waals surface area contributed by atoms with Crippen LogP contribution in [0.25, 0.3) is 0 Å². The predicted molar refractivity (Wildman–Crippen MR) is 91.8 cm³/mol. The van der Waals surface area contributed by atoms with Crippen molar-refractivity contribution in [2.24, 2.45) is 5.73 Å². The molecule has 0 amide bonds. The lowest BCUT2D eigenvalue weighted by Gasteiger charge is -2.16. The van der Waals surface area contributed by atoms with Crippen LogP contribution in [0.4, 0.5) is 11.4 Å². The molecule has 0 aliphatic carbocycles. The fraction of sp³-hybridized carbons (Fsp3) is 0.200. The molecule has 1 aromatic heterocycles. The normalized spacial score (nSPS) is 10.4. The largest absolute Gasteiger partial charge is 0.389 e. The van der Waals surface area contributed by atoms with Gasteiger partial charge in [-0.05, 0) is 44.5 Å². The van der Waals surface area contributed by atoms with Gasteiger partial charge in [0.05, 0.1) is 11.3 Å². The molecule has 0 fully saturated rings. The second-order valence-electron chi connectivity index (χ2n) is 4.72. The van der Waals surface area contributed by atoms with E-state index in [0.717, 1.165) is 38.4 Å². The van der Waals surface area contributed by atoms with Gasteiger partial charge in [0.15, 0.2) is 0 Å². The lowest BCUT2D eigenvalue weighted by Crippen LogP contribution is -2.15. The lowest BCUT2D eigenvalue weighted by atomic mass is 10.1. The number of benzene rings is 1. The summed E-state index contributed by atoms with van der Waals surface area (Å²) in [6, 6.07) is 8.05. The Morgan fingerprint density at radius 3 is 2.55 bits per heavy atom. The summed E-state index contributed by atoms with van der Waals surface area (Å²) in [6.45, 7) is 5.92. The van der Waals surface area contributed by atoms with Crippen LogP contribution in [0.2, 0.25) is 0 Å². The van der Waals surface area contributed by atoms with E-state index in [0.29, 0.717) is 4.99 Å². The van der Waals surface area contributed by atoms with Gasteiger partial charge in [0, 0.05) is 21.5 Å². The Balaban J connectivity index is 2.53. The Hall–Kier alpha value is -1.46. The van der Waals surface area contributed by atoms with Crippen LogP contribution in [0.5, 0.6) is 0 Å². The first-order valence-electron chi connectivity index (χ1n) is 6.19. The van der Waals surface area contributed by atoms with Crippen LogP contribution < -0.4 is 11.1 Å². The van der Waals surface area contributed by atoms with Gasteiger partial charge >= 0.3 is 0 Å². The number of hydrogen-bond donors (Lipinski definition) is 2. The van der Waals surface area contributed by atoms with Crippen LogP contribution in [0.1, 0.15) is 22.5 Å². The SMILES string of the molecule is Cc1cc(Nc2cc(Br)ccc2C)c(C(N)=S)c(C)n1. The average molecular weight is 350 g/mol. The Morgan fingerprint density at radius 1 is 1.20 bits per heavy atom. The molecule has 0 atom stereocenters. The standard InChI is InChI=1S/C15H16BrN3S/c1-8-4-5-11(16)7-12(8)19-13-6-9(2)18-10(3)14(13)15(17)20/h4-7H,1-3H3,(H2,17,20)(H,18,19). The highest BCUT2D eigenvalue weighted by Gasteiger charge is 2.12. The summed E-state index contributed by atoms with van der Waals surface area (Å²) in [4.78, 5) is 4.77. The van der Waals surface area contributed by atoms with Crippen LogP contribution in [0, 0.1) is 20.8 Å². The lowest BCUT2D eigenvalue weighted by molar-refractivity contribution is 1.11. The second kappa shape index (κ2) is 5.89. The van der Waals surface area contributed by atoms with Crippen LogP contribution in [-0.4, -0.2) is 9.97 Å². The molecule has 0 aliphatic heterocycles. The number of aromatic nitrogens is 1. The third-order valence-electron chi connectivity index (χ3n) is 3.04. The van der Waals surface area contributed by atoms with Crippen molar-refractivity contribution >= 4 is 44.5 Å². The van der Waals surface area contributed by atoms with E-state index in [1.165, 1.54) is 0 Å². The molecule has 0 aliphatic rings. The Bertz CT molecular complexity index is 683. The van der Waals surface area contributed by atoms with Crippen molar-refractivity contribution in [2.45, 2.75) is 20.8 Å². The number of anilines is 2. The summed E-state index contributed by atoms with van der Waals surface area (Å²) < 4.78 is 1.02. The molecule has 0 radical (unpaired) electrons. The average Bonchev–Trinajstić information content (AvgIpc) is 2.32. The van der Waals surface area contributed by atoms with Crippen molar-refractivity contribution in [3.63, 3.8) is 0 Å². The summed E-state index contributed by atoms with van der Waals surface area (Å²) in [5.41, 5.74) is 11.4. The number of nitrogens with two attached hydrogens (primary N) is 1. The fourth-order valence-corrected chi connectivity index (χ4v) is 2.73. The van der Waals surface area contributed by atoms with Gasteiger partial charge in [-0.1, -0.05) is 34.2 Å². The summed E-state index contributed by atoms with van der Waals surface area (Å²) in [5, 5.41) is 3.41. The van der Waals surface area contributed by atoms with E-state index in [4.69, 9.17) is 18.0 Å². The van der Waals surface area contributed by atoms with Gasteiger partial charge in [-0.15, -0.1) is 0 Å². The molecule has 0 unspecified atom stereocenters. The number of aryl methyl sites for hydroxylation is 3. The molecule has 2 rings (SSSR count). The Labute approximate surface area is 132 Å². The van der Waals surface area contributed by atoms with Crippen molar-refractivity contribution in [1.82, 2.24) is 4.98 Å². The zero-order valence-electron chi connectivity index (χ0n) is 11.6. The van der Waals surface area contributed by atoms with Crippen molar-refractivity contribution in [3.05, 3.63) is 51.3 Å². The zero-order chi connectivity index (χ0) is 14.9. The van der Waals surface area contributed by atoms with Crippen LogP contribution in [-0.2, 0) is 0 Å². The summed E-state index contributed by atoms with van der Waals surface area (Å²) in [5.74, 6) is 0. The van der Waals surface area contributed by atoms with Gasteiger partial charge < -0.3 is 11.1 Å². The molecule has 3 N–H and O–H groups in total. The highest BCUT2D eigenvalue weighted by Crippen LogP contribution is 2.28. The van der Waals surface area contributed by atoms with Crippen LogP contribution in [0.3, 0.4) is 0 Å². The van der Waals surface area contributed by atoms with E-state index in [2.05, 4.69) is 33.2 Å². The van der Waals surface area contributed by atoms with Crippen LogP contribution >= 0.6 is 28.1 Å². The van der Waals surface area contributed by atoms with Crippen LogP contribution in [0.15, 0.2) is 28.7 Å². The highest BCUT2D eigenvalue weighted by molar-refractivity contribution is 9.10. The van der Waals surface area contributed by atoms with Crippen molar-refractivity contribution in [2.75, 3.05) is 5.32 Å². The van der Waals surface area contributed by atoms with Crippen molar-refractivity contribution < 1.29 is 0 Å². The van der Waals surface area contributed by atoms with Crippen molar-refractivity contribution in [1.29, 1.82) is 0 Å². The van der Waals surface area contributed by atoms with Crippen molar-refractivity contribution in [3.8, 4) is 0 Å². The van der Waals surface area contributed by atoms with Gasteiger partial charge in [-0.25, -0.2) is 0 Å². The molecule has 0 saturated carbocycles. The predicted octanol–water partition coefficient (Wildman–Crippen LogP) is 4.15. The maximum Gasteiger partial charge on any atom is 0.107 e. The first-order chi connectivity index (χ1) is 9.38. The van der Waals surface area contributed by atoms with Gasteiger partial charge in [-0.3, -0.25) is 4.98 Å². The maximum absolute atomic E-state index is 5.83. The zero-order valence-corrected chi connectivity index (χ0v) is 14.0. The topological polar surface area (TPSA) is 50.9 Å². The number of thiocarbonyl (C=S) groups is 1. The molecule has 0 spiro atoms. The second-order valence-corrected chi connectivity index (χ2v) is 6.08. The highest BCUT2D eigenvalue weighted by atomic mass is 79.9. The number of hydrogen-bond acceptors (Lipinski definition) is 3. The molecule has 0 saturated heterocycles. The van der Waals surface area contributed by atoms with E-state index in [1.807, 2.05) is 38.1 Å². The maximum atomic E-state index is 5.83. The monoisotopic (exact) mass is 349 g/mol. The molecule has 2 aromatic rings. The molecule has 1 aromatic carbocycles. The molecule has 20 heavy (non-hydrogen) atoms. The third kappa shape index (κ3) is 3.16. The van der Waals surface area contributed by atoms with E-state index in [9.17, 15) is 0 Å². The van der Waals surface area contributed by atoms with E-state index in [1.54, 1.807) is 0 Å². The molecular weight excluding hydrogens is 334 g/mol. The minimum absolute atomic E-state index is 0.352. The molecule has 0 bridgehead atoms. The number of pyridine rings is 1. The molecular formula is C15H16BrN3S. The van der Waals surface area contributed by atoms with Gasteiger partial charge in [-0.2, -0.15) is 0 Å². The minimum Gasteiger partial charge on any atom is -0.389 e. The Kier molecular flexibility index (Phi) is 4.40. The van der Waals surface area contributed by atoms with E-state index >= 15 is 0 Å². The third-order valence-corrected chi connectivity index (χ3v) is 3.74. The molecule has 104 valence electrons. The van der Waals surface area contributed by atoms with E-state index < -0.39 is 0 Å². The molecule has 3 nitrogen and oxygen atoms in total. The summed E-state index contributed by atoms with van der Waals surface area (Å²) in [6.07, 6.45) is 0. The smallest absolute Gasteiger partial charge is 0.107 e. The molecule has 5 heteroatoms. The van der Waals surface area contributed by atoms with E-state index in [-0.39, 0.29) is 0 Å². The first kappa shape index (κ1) is 14.9. The molecule has 1 heterocycles. The minimum atomic E-state index is 0.352. The first-order valence-corrected chi connectivity index (χ1v) is 7.40.